The average molecular weight is 274 g/mol. The van der Waals surface area contributed by atoms with E-state index in [-0.39, 0.29) is 5.69 Å². The summed E-state index contributed by atoms with van der Waals surface area (Å²) in [6.07, 6.45) is 3.74. The van der Waals surface area contributed by atoms with E-state index in [1.807, 2.05) is 7.05 Å². The van der Waals surface area contributed by atoms with Gasteiger partial charge in [-0.2, -0.15) is 5.10 Å². The van der Waals surface area contributed by atoms with Crippen LogP contribution in [0, 0.1) is 10.1 Å². The monoisotopic (exact) mass is 274 g/mol. The van der Waals surface area contributed by atoms with Crippen LogP contribution >= 0.6 is 0 Å². The molecule has 1 aromatic heterocycles. The molecule has 0 fully saturated rings. The van der Waals surface area contributed by atoms with Crippen molar-refractivity contribution in [1.29, 1.82) is 0 Å². The van der Waals surface area contributed by atoms with Crippen LogP contribution in [0.5, 0.6) is 0 Å². The molecule has 2 rings (SSSR count). The first-order chi connectivity index (χ1) is 9.58. The van der Waals surface area contributed by atoms with Gasteiger partial charge in [-0.1, -0.05) is 31.2 Å². The summed E-state index contributed by atoms with van der Waals surface area (Å²) < 4.78 is 1.57. The fourth-order valence-corrected chi connectivity index (χ4v) is 2.01. The van der Waals surface area contributed by atoms with E-state index in [1.165, 1.54) is 23.5 Å². The molecule has 0 aliphatic rings. The highest BCUT2D eigenvalue weighted by atomic mass is 16.6. The van der Waals surface area contributed by atoms with Gasteiger partial charge in [-0.05, 0) is 24.6 Å². The van der Waals surface area contributed by atoms with E-state index in [1.54, 1.807) is 4.68 Å². The van der Waals surface area contributed by atoms with Gasteiger partial charge in [-0.3, -0.25) is 19.7 Å². The Kier molecular flexibility index (Phi) is 4.47. The molecule has 0 saturated carbocycles. The Bertz CT molecular complexity index is 577. The molecule has 106 valence electrons. The highest BCUT2D eigenvalue weighted by Crippen LogP contribution is 2.10. The summed E-state index contributed by atoms with van der Waals surface area (Å²) in [5, 5.41) is 14.6. The van der Waals surface area contributed by atoms with Crippen LogP contribution in [0.25, 0.3) is 0 Å². The van der Waals surface area contributed by atoms with Crippen molar-refractivity contribution in [2.24, 2.45) is 0 Å². The zero-order chi connectivity index (χ0) is 14.5. The van der Waals surface area contributed by atoms with Crippen molar-refractivity contribution in [1.82, 2.24) is 14.7 Å². The van der Waals surface area contributed by atoms with Gasteiger partial charge in [0.1, 0.15) is 12.4 Å². The van der Waals surface area contributed by atoms with Gasteiger partial charge in [-0.25, -0.2) is 0 Å². The lowest BCUT2D eigenvalue weighted by Gasteiger charge is -2.16. The van der Waals surface area contributed by atoms with Gasteiger partial charge in [0.05, 0.1) is 11.6 Å². The first-order valence-electron chi connectivity index (χ1n) is 6.51. The number of hydrogen-bond donors (Lipinski definition) is 0. The van der Waals surface area contributed by atoms with Gasteiger partial charge >= 0.3 is 5.69 Å². The number of rotatable bonds is 6. The number of nitro groups is 1. The minimum absolute atomic E-state index is 0.0192. The summed E-state index contributed by atoms with van der Waals surface area (Å²) >= 11 is 0. The first-order valence-corrected chi connectivity index (χ1v) is 6.51. The summed E-state index contributed by atoms with van der Waals surface area (Å²) in [7, 11) is 1.96. The number of aryl methyl sites for hydroxylation is 1. The molecule has 1 heterocycles. The molecule has 0 N–H and O–H groups in total. The second-order valence-electron chi connectivity index (χ2n) is 4.82. The molecule has 0 radical (unpaired) electrons. The Labute approximate surface area is 117 Å². The van der Waals surface area contributed by atoms with Gasteiger partial charge in [0.15, 0.2) is 0 Å². The van der Waals surface area contributed by atoms with Gasteiger partial charge in [0, 0.05) is 6.54 Å². The lowest BCUT2D eigenvalue weighted by atomic mass is 10.1. The quantitative estimate of drug-likeness (QED) is 0.599. The lowest BCUT2D eigenvalue weighted by molar-refractivity contribution is -0.385. The van der Waals surface area contributed by atoms with Crippen LogP contribution in [0.2, 0.25) is 0 Å². The molecule has 2 aromatic rings. The minimum Gasteiger partial charge on any atom is -0.283 e. The first kappa shape index (κ1) is 14.2. The summed E-state index contributed by atoms with van der Waals surface area (Å²) in [4.78, 5) is 12.2. The predicted molar refractivity (Wildman–Crippen MR) is 76.2 cm³/mol. The maximum atomic E-state index is 10.6. The van der Waals surface area contributed by atoms with Crippen LogP contribution in [-0.4, -0.2) is 26.7 Å². The molecule has 0 aliphatic heterocycles. The van der Waals surface area contributed by atoms with Crippen molar-refractivity contribution < 1.29 is 4.92 Å². The summed E-state index contributed by atoms with van der Waals surface area (Å²) in [6.45, 7) is 3.42. The Morgan fingerprint density at radius 2 is 1.95 bits per heavy atom. The van der Waals surface area contributed by atoms with Crippen molar-refractivity contribution >= 4 is 5.69 Å². The third-order valence-electron chi connectivity index (χ3n) is 3.10. The molecule has 1 aromatic carbocycles. The average Bonchev–Trinajstić information content (AvgIpc) is 2.88. The van der Waals surface area contributed by atoms with Gasteiger partial charge in [0.2, 0.25) is 0 Å². The van der Waals surface area contributed by atoms with E-state index in [0.717, 1.165) is 13.0 Å². The molecule has 20 heavy (non-hydrogen) atoms. The Morgan fingerprint density at radius 1 is 1.30 bits per heavy atom. The Morgan fingerprint density at radius 3 is 2.50 bits per heavy atom. The van der Waals surface area contributed by atoms with E-state index >= 15 is 0 Å². The highest BCUT2D eigenvalue weighted by molar-refractivity contribution is 5.22. The molecule has 0 unspecified atom stereocenters. The SMILES string of the molecule is CCc1ccc(CN(C)Cn2cc([N+](=O)[O-])cn2)cc1. The molecular weight excluding hydrogens is 256 g/mol. The number of aromatic nitrogens is 2. The Balaban J connectivity index is 1.93. The second-order valence-corrected chi connectivity index (χ2v) is 4.82. The number of benzene rings is 1. The smallest absolute Gasteiger partial charge is 0.283 e. The van der Waals surface area contributed by atoms with Crippen LogP contribution in [-0.2, 0) is 19.6 Å². The molecule has 0 saturated heterocycles. The summed E-state index contributed by atoms with van der Waals surface area (Å²) in [5.74, 6) is 0. The van der Waals surface area contributed by atoms with Crippen molar-refractivity contribution in [2.45, 2.75) is 26.6 Å². The second kappa shape index (κ2) is 6.29. The van der Waals surface area contributed by atoms with Crippen molar-refractivity contribution in [3.63, 3.8) is 0 Å². The molecule has 0 amide bonds. The molecular formula is C14H18N4O2. The van der Waals surface area contributed by atoms with E-state index in [2.05, 4.69) is 41.2 Å². The minimum atomic E-state index is -0.438. The van der Waals surface area contributed by atoms with Crippen LogP contribution in [0.3, 0.4) is 0 Å². The third kappa shape index (κ3) is 3.64. The topological polar surface area (TPSA) is 64.2 Å². The highest BCUT2D eigenvalue weighted by Gasteiger charge is 2.10. The largest absolute Gasteiger partial charge is 0.307 e. The van der Waals surface area contributed by atoms with Gasteiger partial charge < -0.3 is 0 Å². The Hall–Kier alpha value is -2.21. The van der Waals surface area contributed by atoms with Gasteiger partial charge in [0.25, 0.3) is 0 Å². The van der Waals surface area contributed by atoms with E-state index in [9.17, 15) is 10.1 Å². The normalized spacial score (nSPS) is 10.9. The van der Waals surface area contributed by atoms with Crippen LogP contribution in [0.1, 0.15) is 18.1 Å². The predicted octanol–water partition coefficient (Wildman–Crippen LogP) is 2.44. The molecule has 6 nitrogen and oxygen atoms in total. The molecule has 6 heteroatoms. The molecule has 0 aliphatic carbocycles. The molecule has 0 spiro atoms. The zero-order valence-electron chi connectivity index (χ0n) is 11.7. The standard InChI is InChI=1S/C14H18N4O2/c1-3-12-4-6-13(7-5-12)9-16(2)11-17-10-14(8-15-17)18(19)20/h4-8,10H,3,9,11H2,1-2H3. The maximum absolute atomic E-state index is 10.6. The zero-order valence-corrected chi connectivity index (χ0v) is 11.7. The van der Waals surface area contributed by atoms with Crippen molar-refractivity contribution in [3.8, 4) is 0 Å². The van der Waals surface area contributed by atoms with E-state index in [0.29, 0.717) is 6.67 Å². The third-order valence-corrected chi connectivity index (χ3v) is 3.10. The summed E-state index contributed by atoms with van der Waals surface area (Å²) in [6, 6.07) is 8.48. The molecule has 0 atom stereocenters. The van der Waals surface area contributed by atoms with Crippen LogP contribution in [0.15, 0.2) is 36.7 Å². The van der Waals surface area contributed by atoms with E-state index < -0.39 is 4.92 Å². The van der Waals surface area contributed by atoms with E-state index in [4.69, 9.17) is 0 Å². The van der Waals surface area contributed by atoms with Crippen molar-refractivity contribution in [2.75, 3.05) is 7.05 Å². The van der Waals surface area contributed by atoms with Crippen LogP contribution < -0.4 is 0 Å². The molecule has 0 bridgehead atoms. The van der Waals surface area contributed by atoms with Crippen molar-refractivity contribution in [3.05, 3.63) is 57.9 Å². The maximum Gasteiger partial charge on any atom is 0.307 e. The fourth-order valence-electron chi connectivity index (χ4n) is 2.01. The lowest BCUT2D eigenvalue weighted by Crippen LogP contribution is -2.21. The number of hydrogen-bond acceptors (Lipinski definition) is 4. The van der Waals surface area contributed by atoms with Gasteiger partial charge in [-0.15, -0.1) is 0 Å². The fraction of sp³-hybridized carbons (Fsp3) is 0.357. The van der Waals surface area contributed by atoms with Crippen LogP contribution in [0.4, 0.5) is 5.69 Å². The summed E-state index contributed by atoms with van der Waals surface area (Å²) in [5.41, 5.74) is 2.55. The number of nitrogens with zero attached hydrogens (tertiary/aromatic N) is 4.